The number of rotatable bonds is 3. The molecule has 1 aliphatic heterocycles. The van der Waals surface area contributed by atoms with Gasteiger partial charge in [0.15, 0.2) is 0 Å². The van der Waals surface area contributed by atoms with Crippen LogP contribution in [0.4, 0.5) is 5.69 Å². The van der Waals surface area contributed by atoms with Crippen molar-refractivity contribution in [3.8, 4) is 0 Å². The number of amides is 1. The summed E-state index contributed by atoms with van der Waals surface area (Å²) < 4.78 is 0. The molecule has 2 atom stereocenters. The highest BCUT2D eigenvalue weighted by Gasteiger charge is 2.41. The molecule has 1 saturated heterocycles. The molecule has 6 heteroatoms. The molecule has 0 bridgehead atoms. The summed E-state index contributed by atoms with van der Waals surface area (Å²) >= 11 is 0. The second-order valence-corrected chi connectivity index (χ2v) is 4.80. The molecule has 0 saturated carbocycles. The molecule has 1 aliphatic rings. The third-order valence-electron chi connectivity index (χ3n) is 3.31. The second-order valence-electron chi connectivity index (χ2n) is 4.80. The van der Waals surface area contributed by atoms with E-state index >= 15 is 0 Å². The van der Waals surface area contributed by atoms with Crippen molar-refractivity contribution in [3.05, 3.63) is 40.4 Å². The lowest BCUT2D eigenvalue weighted by Crippen LogP contribution is -2.48. The first-order chi connectivity index (χ1) is 9.00. The Bertz CT molecular complexity index is 477. The van der Waals surface area contributed by atoms with Crippen LogP contribution in [0.3, 0.4) is 0 Å². The smallest absolute Gasteiger partial charge is 0.238 e. The quantitative estimate of drug-likeness (QED) is 0.615. The molecule has 1 heterocycles. The molecule has 1 fully saturated rings. The minimum atomic E-state index is -0.372. The second kappa shape index (κ2) is 5.26. The molecule has 0 aliphatic carbocycles. The number of carbonyl (C=O) groups is 1. The highest BCUT2D eigenvalue weighted by molar-refractivity contribution is 5.76. The van der Waals surface area contributed by atoms with Gasteiger partial charge in [0.25, 0.3) is 0 Å². The van der Waals surface area contributed by atoms with Crippen LogP contribution in [-0.4, -0.2) is 34.5 Å². The normalized spacial score (nSPS) is 22.6. The molecule has 1 amide bonds. The van der Waals surface area contributed by atoms with Gasteiger partial charge >= 0.3 is 0 Å². The Balaban J connectivity index is 2.31. The van der Waals surface area contributed by atoms with E-state index in [2.05, 4.69) is 0 Å². The molecule has 19 heavy (non-hydrogen) atoms. The van der Waals surface area contributed by atoms with Crippen LogP contribution in [0.5, 0.6) is 0 Å². The van der Waals surface area contributed by atoms with E-state index < -0.39 is 0 Å². The molecular formula is C13H17N3O3. The van der Waals surface area contributed by atoms with Crippen LogP contribution >= 0.6 is 0 Å². The Kier molecular flexibility index (Phi) is 3.69. The maximum atomic E-state index is 11.8. The number of hydrogen-bond acceptors (Lipinski definition) is 4. The average Bonchev–Trinajstić information content (AvgIpc) is 2.66. The minimum absolute atomic E-state index is 0.0660. The fraction of sp³-hybridized carbons (Fsp3) is 0.462. The lowest BCUT2D eigenvalue weighted by atomic mass is 10.1. The summed E-state index contributed by atoms with van der Waals surface area (Å²) in [6.45, 7) is 3.21. The van der Waals surface area contributed by atoms with E-state index in [0.29, 0.717) is 6.42 Å². The largest absolute Gasteiger partial charge is 0.280 e. The van der Waals surface area contributed by atoms with Crippen LogP contribution in [0, 0.1) is 10.1 Å². The highest BCUT2D eigenvalue weighted by atomic mass is 16.6. The van der Waals surface area contributed by atoms with Crippen LogP contribution in [0.15, 0.2) is 30.3 Å². The summed E-state index contributed by atoms with van der Waals surface area (Å²) in [6.07, 6.45) is 0.607. The number of anilines is 1. The van der Waals surface area contributed by atoms with Gasteiger partial charge in [-0.25, -0.2) is 5.01 Å². The van der Waals surface area contributed by atoms with Crippen molar-refractivity contribution in [2.24, 2.45) is 0 Å². The van der Waals surface area contributed by atoms with E-state index in [1.165, 1.54) is 11.9 Å². The van der Waals surface area contributed by atoms with E-state index in [4.69, 9.17) is 0 Å². The number of benzene rings is 1. The summed E-state index contributed by atoms with van der Waals surface area (Å²) in [5.74, 6) is -0.167. The van der Waals surface area contributed by atoms with E-state index in [1.54, 1.807) is 0 Å². The van der Waals surface area contributed by atoms with Gasteiger partial charge in [-0.2, -0.15) is 0 Å². The molecule has 102 valence electrons. The number of hydrazine groups is 1. The van der Waals surface area contributed by atoms with Crippen LogP contribution in [0.2, 0.25) is 0 Å². The standard InChI is InChI=1S/C13H17N3O3/c1-10-8-13(9-14(18)19)16(11(2)17)15(10)12-6-4-3-5-7-12/h3-7,10,13H,8-9H2,1-2H3/t10-,13+/m1/s1. The van der Waals surface area contributed by atoms with Crippen molar-refractivity contribution in [2.45, 2.75) is 32.4 Å². The van der Waals surface area contributed by atoms with Gasteiger partial charge in [-0.05, 0) is 25.5 Å². The molecule has 2 rings (SSSR count). The van der Waals surface area contributed by atoms with Crippen molar-refractivity contribution in [2.75, 3.05) is 11.6 Å². The van der Waals surface area contributed by atoms with Gasteiger partial charge in [-0.3, -0.25) is 19.9 Å². The predicted octanol–water partition coefficient (Wildman–Crippen LogP) is 1.69. The summed E-state index contributed by atoms with van der Waals surface area (Å²) in [5, 5.41) is 14.1. The van der Waals surface area contributed by atoms with E-state index in [1.807, 2.05) is 42.3 Å². The maximum absolute atomic E-state index is 11.8. The first-order valence-corrected chi connectivity index (χ1v) is 6.26. The topological polar surface area (TPSA) is 66.7 Å². The van der Waals surface area contributed by atoms with E-state index in [-0.39, 0.29) is 29.5 Å². The van der Waals surface area contributed by atoms with Crippen molar-refractivity contribution < 1.29 is 9.72 Å². The van der Waals surface area contributed by atoms with Crippen LogP contribution < -0.4 is 5.01 Å². The summed E-state index contributed by atoms with van der Waals surface area (Å²) in [5.41, 5.74) is 0.885. The first-order valence-electron chi connectivity index (χ1n) is 6.26. The Morgan fingerprint density at radius 3 is 2.58 bits per heavy atom. The molecule has 0 unspecified atom stereocenters. The monoisotopic (exact) mass is 263 g/mol. The summed E-state index contributed by atoms with van der Waals surface area (Å²) in [6, 6.07) is 9.18. The van der Waals surface area contributed by atoms with Crippen LogP contribution in [-0.2, 0) is 4.79 Å². The Morgan fingerprint density at radius 2 is 2.05 bits per heavy atom. The molecule has 1 aromatic rings. The summed E-state index contributed by atoms with van der Waals surface area (Å²) in [4.78, 5) is 22.2. The van der Waals surface area contributed by atoms with Gasteiger partial charge in [-0.1, -0.05) is 18.2 Å². The van der Waals surface area contributed by atoms with Crippen molar-refractivity contribution in [1.82, 2.24) is 5.01 Å². The Morgan fingerprint density at radius 1 is 1.42 bits per heavy atom. The fourth-order valence-electron chi connectivity index (χ4n) is 2.67. The highest BCUT2D eigenvalue weighted by Crippen LogP contribution is 2.30. The third kappa shape index (κ3) is 2.67. The van der Waals surface area contributed by atoms with Gasteiger partial charge in [-0.15, -0.1) is 0 Å². The molecule has 6 nitrogen and oxygen atoms in total. The van der Waals surface area contributed by atoms with Gasteiger partial charge < -0.3 is 0 Å². The number of nitro groups is 1. The zero-order valence-electron chi connectivity index (χ0n) is 11.0. The molecular weight excluding hydrogens is 246 g/mol. The zero-order chi connectivity index (χ0) is 14.0. The van der Waals surface area contributed by atoms with Gasteiger partial charge in [0, 0.05) is 11.8 Å². The van der Waals surface area contributed by atoms with Crippen molar-refractivity contribution in [1.29, 1.82) is 0 Å². The number of hydrogen-bond donors (Lipinski definition) is 0. The molecule has 1 aromatic carbocycles. The fourth-order valence-corrected chi connectivity index (χ4v) is 2.67. The van der Waals surface area contributed by atoms with E-state index in [0.717, 1.165) is 5.69 Å². The first kappa shape index (κ1) is 13.3. The van der Waals surface area contributed by atoms with E-state index in [9.17, 15) is 14.9 Å². The third-order valence-corrected chi connectivity index (χ3v) is 3.31. The lowest BCUT2D eigenvalue weighted by molar-refractivity contribution is -0.485. The maximum Gasteiger partial charge on any atom is 0.238 e. The summed E-state index contributed by atoms with van der Waals surface area (Å²) in [7, 11) is 0. The van der Waals surface area contributed by atoms with Gasteiger partial charge in [0.2, 0.25) is 12.5 Å². The number of nitrogens with zero attached hydrogens (tertiary/aromatic N) is 3. The molecule has 0 radical (unpaired) electrons. The molecule has 0 N–H and O–H groups in total. The minimum Gasteiger partial charge on any atom is -0.280 e. The average molecular weight is 263 g/mol. The Labute approximate surface area is 111 Å². The lowest BCUT2D eigenvalue weighted by Gasteiger charge is -2.33. The SMILES string of the molecule is CC(=O)N1[C@H](C[N+](=O)[O-])C[C@@H](C)N1c1ccccc1. The Hall–Kier alpha value is -2.11. The zero-order valence-corrected chi connectivity index (χ0v) is 11.0. The predicted molar refractivity (Wildman–Crippen MR) is 71.2 cm³/mol. The van der Waals surface area contributed by atoms with Crippen LogP contribution in [0.1, 0.15) is 20.3 Å². The molecule has 0 spiro atoms. The number of para-hydroxylation sites is 1. The van der Waals surface area contributed by atoms with Crippen molar-refractivity contribution in [3.63, 3.8) is 0 Å². The van der Waals surface area contributed by atoms with Gasteiger partial charge in [0.1, 0.15) is 6.04 Å². The van der Waals surface area contributed by atoms with Gasteiger partial charge in [0.05, 0.1) is 11.7 Å². The number of carbonyl (C=O) groups excluding carboxylic acids is 1. The van der Waals surface area contributed by atoms with Crippen LogP contribution in [0.25, 0.3) is 0 Å². The van der Waals surface area contributed by atoms with Crippen molar-refractivity contribution >= 4 is 11.6 Å². The molecule has 0 aromatic heterocycles.